The van der Waals surface area contributed by atoms with Crippen LogP contribution in [0.5, 0.6) is 17.4 Å². The Morgan fingerprint density at radius 3 is 2.67 bits per heavy atom. The van der Waals surface area contributed by atoms with Gasteiger partial charge in [-0.3, -0.25) is 4.79 Å². The zero-order chi connectivity index (χ0) is 19.0. The number of likely N-dealkylation sites (tertiary alicyclic amines) is 1. The topological polar surface area (TPSA) is 60.9 Å². The molecular formula is C18H15F3N2O4. The molecule has 142 valence electrons. The number of hydrogen-bond acceptors (Lipinski definition) is 5. The molecular weight excluding hydrogens is 365 g/mol. The minimum atomic E-state index is -4.46. The van der Waals surface area contributed by atoms with Crippen LogP contribution in [0.2, 0.25) is 0 Å². The van der Waals surface area contributed by atoms with Crippen molar-refractivity contribution < 1.29 is 32.2 Å². The minimum absolute atomic E-state index is 0.104. The van der Waals surface area contributed by atoms with Crippen molar-refractivity contribution >= 4 is 5.91 Å². The first-order chi connectivity index (χ1) is 12.9. The molecule has 0 radical (unpaired) electrons. The molecule has 0 spiro atoms. The third kappa shape index (κ3) is 3.62. The molecule has 1 atom stereocenters. The lowest BCUT2D eigenvalue weighted by molar-refractivity contribution is -0.150. The van der Waals surface area contributed by atoms with Gasteiger partial charge in [-0.25, -0.2) is 4.98 Å². The number of nitrogens with zero attached hydrogens (tertiary/aromatic N) is 2. The standard InChI is InChI=1S/C18H15F3N2O4/c19-18(20,21)11-5-6-22-16(7-11)26-12-8-23(9-12)17(24)15-10-25-13-3-1-2-4-14(13)27-15/h1-7,12,15H,8-10H2. The fraction of sp³-hybridized carbons (Fsp3) is 0.333. The summed E-state index contributed by atoms with van der Waals surface area (Å²) >= 11 is 0. The van der Waals surface area contributed by atoms with Gasteiger partial charge in [0.25, 0.3) is 5.91 Å². The molecule has 0 bridgehead atoms. The molecule has 2 aromatic rings. The molecule has 3 heterocycles. The molecule has 6 nitrogen and oxygen atoms in total. The van der Waals surface area contributed by atoms with Crippen LogP contribution in [0.1, 0.15) is 5.56 Å². The van der Waals surface area contributed by atoms with Gasteiger partial charge in [-0.05, 0) is 18.2 Å². The van der Waals surface area contributed by atoms with E-state index in [1.165, 1.54) is 4.90 Å². The number of para-hydroxylation sites is 2. The second kappa shape index (κ2) is 6.64. The number of rotatable bonds is 3. The number of ether oxygens (including phenoxy) is 3. The van der Waals surface area contributed by atoms with E-state index in [2.05, 4.69) is 4.98 Å². The summed E-state index contributed by atoms with van der Waals surface area (Å²) in [5.74, 6) is 0.722. The third-order valence-electron chi connectivity index (χ3n) is 4.29. The fourth-order valence-electron chi connectivity index (χ4n) is 2.86. The maximum Gasteiger partial charge on any atom is 0.416 e. The molecule has 0 saturated carbocycles. The van der Waals surface area contributed by atoms with Gasteiger partial charge in [0.2, 0.25) is 12.0 Å². The summed E-state index contributed by atoms with van der Waals surface area (Å²) in [7, 11) is 0. The summed E-state index contributed by atoms with van der Waals surface area (Å²) in [4.78, 5) is 17.8. The highest BCUT2D eigenvalue weighted by Gasteiger charge is 2.39. The Balaban J connectivity index is 1.32. The van der Waals surface area contributed by atoms with Gasteiger partial charge in [-0.2, -0.15) is 13.2 Å². The maximum atomic E-state index is 12.7. The van der Waals surface area contributed by atoms with E-state index in [4.69, 9.17) is 14.2 Å². The second-order valence-electron chi connectivity index (χ2n) is 6.23. The van der Waals surface area contributed by atoms with Crippen LogP contribution in [0, 0.1) is 0 Å². The number of aromatic nitrogens is 1. The molecule has 1 aromatic heterocycles. The van der Waals surface area contributed by atoms with Crippen LogP contribution >= 0.6 is 0 Å². The lowest BCUT2D eigenvalue weighted by atomic mass is 10.1. The number of benzene rings is 1. The van der Waals surface area contributed by atoms with E-state index in [9.17, 15) is 18.0 Å². The Kier molecular flexibility index (Phi) is 4.29. The highest BCUT2D eigenvalue weighted by atomic mass is 19.4. The van der Waals surface area contributed by atoms with Gasteiger partial charge in [0.15, 0.2) is 11.5 Å². The SMILES string of the molecule is O=C(C1COc2ccccc2O1)N1CC(Oc2cc(C(F)(F)F)ccn2)C1. The summed E-state index contributed by atoms with van der Waals surface area (Å²) in [6.45, 7) is 0.601. The van der Waals surface area contributed by atoms with Crippen molar-refractivity contribution in [2.45, 2.75) is 18.4 Å². The molecule has 2 aliphatic heterocycles. The monoisotopic (exact) mass is 380 g/mol. The van der Waals surface area contributed by atoms with Crippen LogP contribution in [0.15, 0.2) is 42.6 Å². The number of fused-ring (bicyclic) bond motifs is 1. The van der Waals surface area contributed by atoms with Crippen molar-refractivity contribution in [1.29, 1.82) is 0 Å². The normalized spacial score (nSPS) is 19.4. The van der Waals surface area contributed by atoms with Crippen LogP contribution in [-0.4, -0.2) is 47.7 Å². The van der Waals surface area contributed by atoms with Crippen molar-refractivity contribution in [3.63, 3.8) is 0 Å². The molecule has 1 amide bonds. The predicted molar refractivity (Wildman–Crippen MR) is 86.6 cm³/mol. The van der Waals surface area contributed by atoms with E-state index in [1.807, 2.05) is 6.07 Å². The number of hydrogen-bond donors (Lipinski definition) is 0. The minimum Gasteiger partial charge on any atom is -0.485 e. The van der Waals surface area contributed by atoms with Gasteiger partial charge in [0, 0.05) is 12.3 Å². The van der Waals surface area contributed by atoms with Gasteiger partial charge in [0.05, 0.1) is 18.7 Å². The van der Waals surface area contributed by atoms with Crippen molar-refractivity contribution in [2.75, 3.05) is 19.7 Å². The summed E-state index contributed by atoms with van der Waals surface area (Å²) in [5, 5.41) is 0. The van der Waals surface area contributed by atoms with Gasteiger partial charge in [-0.1, -0.05) is 12.1 Å². The molecule has 1 aromatic carbocycles. The quantitative estimate of drug-likeness (QED) is 0.819. The van der Waals surface area contributed by atoms with Crippen LogP contribution in [-0.2, 0) is 11.0 Å². The number of amides is 1. The molecule has 2 aliphatic rings. The van der Waals surface area contributed by atoms with Gasteiger partial charge < -0.3 is 19.1 Å². The zero-order valence-electron chi connectivity index (χ0n) is 14.0. The Hall–Kier alpha value is -2.97. The number of alkyl halides is 3. The van der Waals surface area contributed by atoms with Gasteiger partial charge >= 0.3 is 6.18 Å². The largest absolute Gasteiger partial charge is 0.485 e. The molecule has 0 N–H and O–H groups in total. The van der Waals surface area contributed by atoms with Gasteiger partial charge in [-0.15, -0.1) is 0 Å². The lowest BCUT2D eigenvalue weighted by Gasteiger charge is -2.40. The summed E-state index contributed by atoms with van der Waals surface area (Å²) in [6, 6.07) is 8.79. The molecule has 1 fully saturated rings. The molecule has 9 heteroatoms. The molecule has 27 heavy (non-hydrogen) atoms. The maximum absolute atomic E-state index is 12.7. The Labute approximate surface area is 152 Å². The van der Waals surface area contributed by atoms with Gasteiger partial charge in [0.1, 0.15) is 12.7 Å². The Morgan fingerprint density at radius 1 is 1.19 bits per heavy atom. The highest BCUT2D eigenvalue weighted by molar-refractivity contribution is 5.82. The predicted octanol–water partition coefficient (Wildman–Crippen LogP) is 2.53. The molecule has 4 rings (SSSR count). The first-order valence-electron chi connectivity index (χ1n) is 8.27. The summed E-state index contributed by atoms with van der Waals surface area (Å²) in [6.07, 6.45) is -4.59. The van der Waals surface area contributed by atoms with E-state index in [1.54, 1.807) is 18.2 Å². The molecule has 1 unspecified atom stereocenters. The smallest absolute Gasteiger partial charge is 0.416 e. The first kappa shape index (κ1) is 17.4. The first-order valence-corrected chi connectivity index (χ1v) is 8.27. The van der Waals surface area contributed by atoms with Crippen molar-refractivity contribution in [1.82, 2.24) is 9.88 Å². The zero-order valence-corrected chi connectivity index (χ0v) is 14.0. The van der Waals surface area contributed by atoms with E-state index >= 15 is 0 Å². The molecule has 0 aliphatic carbocycles. The van der Waals surface area contributed by atoms with Crippen molar-refractivity contribution in [3.8, 4) is 17.4 Å². The Bertz CT molecular complexity index is 852. The van der Waals surface area contributed by atoms with Crippen LogP contribution in [0.4, 0.5) is 13.2 Å². The second-order valence-corrected chi connectivity index (χ2v) is 6.23. The fourth-order valence-corrected chi connectivity index (χ4v) is 2.86. The summed E-state index contributed by atoms with van der Waals surface area (Å²) < 4.78 is 54.8. The van der Waals surface area contributed by atoms with E-state index in [0.717, 1.165) is 18.3 Å². The van der Waals surface area contributed by atoms with E-state index in [-0.39, 0.29) is 31.5 Å². The average Bonchev–Trinajstić information content (AvgIpc) is 2.63. The van der Waals surface area contributed by atoms with Crippen LogP contribution in [0.3, 0.4) is 0 Å². The van der Waals surface area contributed by atoms with Crippen LogP contribution < -0.4 is 14.2 Å². The highest BCUT2D eigenvalue weighted by Crippen LogP contribution is 2.33. The Morgan fingerprint density at radius 2 is 1.93 bits per heavy atom. The van der Waals surface area contributed by atoms with Crippen LogP contribution in [0.25, 0.3) is 0 Å². The third-order valence-corrected chi connectivity index (χ3v) is 4.29. The van der Waals surface area contributed by atoms with E-state index < -0.39 is 23.9 Å². The lowest BCUT2D eigenvalue weighted by Crippen LogP contribution is -2.60. The van der Waals surface area contributed by atoms with Crippen molar-refractivity contribution in [2.24, 2.45) is 0 Å². The number of halogens is 3. The number of carbonyl (C=O) groups excluding carboxylic acids is 1. The van der Waals surface area contributed by atoms with Crippen molar-refractivity contribution in [3.05, 3.63) is 48.2 Å². The summed E-state index contributed by atoms with van der Waals surface area (Å²) in [5.41, 5.74) is -0.828. The van der Waals surface area contributed by atoms with E-state index in [0.29, 0.717) is 11.5 Å². The molecule has 1 saturated heterocycles. The number of carbonyl (C=O) groups is 1. The number of pyridine rings is 1. The average molecular weight is 380 g/mol.